The standard InChI is InChI=1S/C19H27NO4/c1-19(2)13-15(10-11-24-19)16(12-18(22)23)20-17(21)9-8-14-6-4-3-5-7-14/h3-7,15-16H,8-13H2,1-2H3,(H,20,21)(H,22,23)/t15-,16+/m1/s1. The zero-order valence-electron chi connectivity index (χ0n) is 14.5. The zero-order chi connectivity index (χ0) is 17.6. The number of ether oxygens (including phenoxy) is 1. The Morgan fingerprint density at radius 1 is 1.33 bits per heavy atom. The highest BCUT2D eigenvalue weighted by atomic mass is 16.5. The van der Waals surface area contributed by atoms with Gasteiger partial charge >= 0.3 is 5.97 Å². The highest BCUT2D eigenvalue weighted by Crippen LogP contribution is 2.31. The maximum atomic E-state index is 12.3. The van der Waals surface area contributed by atoms with Crippen LogP contribution in [-0.2, 0) is 20.7 Å². The molecule has 0 aliphatic carbocycles. The highest BCUT2D eigenvalue weighted by Gasteiger charge is 2.35. The highest BCUT2D eigenvalue weighted by molar-refractivity contribution is 5.77. The first kappa shape index (κ1) is 18.5. The maximum Gasteiger partial charge on any atom is 0.305 e. The van der Waals surface area contributed by atoms with Crippen molar-refractivity contribution in [1.82, 2.24) is 5.32 Å². The van der Waals surface area contributed by atoms with Gasteiger partial charge in [0.05, 0.1) is 12.0 Å². The number of carboxylic acid groups (broad SMARTS) is 1. The predicted molar refractivity (Wildman–Crippen MR) is 91.7 cm³/mol. The van der Waals surface area contributed by atoms with E-state index >= 15 is 0 Å². The minimum Gasteiger partial charge on any atom is -0.481 e. The van der Waals surface area contributed by atoms with Crippen LogP contribution in [0.4, 0.5) is 0 Å². The van der Waals surface area contributed by atoms with Gasteiger partial charge in [-0.05, 0) is 44.6 Å². The molecule has 0 saturated carbocycles. The van der Waals surface area contributed by atoms with E-state index in [1.54, 1.807) is 0 Å². The molecule has 1 aliphatic rings. The third-order valence-electron chi connectivity index (χ3n) is 4.53. The molecule has 132 valence electrons. The van der Waals surface area contributed by atoms with Crippen molar-refractivity contribution >= 4 is 11.9 Å². The summed E-state index contributed by atoms with van der Waals surface area (Å²) < 4.78 is 5.70. The summed E-state index contributed by atoms with van der Waals surface area (Å²) in [5.41, 5.74) is 0.837. The van der Waals surface area contributed by atoms with E-state index in [9.17, 15) is 14.7 Å². The largest absolute Gasteiger partial charge is 0.481 e. The van der Waals surface area contributed by atoms with Crippen molar-refractivity contribution in [1.29, 1.82) is 0 Å². The van der Waals surface area contributed by atoms with Crippen molar-refractivity contribution in [2.75, 3.05) is 6.61 Å². The molecular formula is C19H27NO4. The molecule has 1 heterocycles. The SMILES string of the molecule is CC1(C)C[C@H]([C@H](CC(=O)O)NC(=O)CCc2ccccc2)CCO1. The van der Waals surface area contributed by atoms with E-state index in [1.165, 1.54) is 0 Å². The monoisotopic (exact) mass is 333 g/mol. The Balaban J connectivity index is 1.92. The molecule has 1 amide bonds. The average molecular weight is 333 g/mol. The predicted octanol–water partition coefficient (Wildman–Crippen LogP) is 2.78. The van der Waals surface area contributed by atoms with E-state index < -0.39 is 5.97 Å². The number of hydrogen-bond donors (Lipinski definition) is 2. The van der Waals surface area contributed by atoms with Gasteiger partial charge in [0, 0.05) is 19.1 Å². The molecule has 2 N–H and O–H groups in total. The van der Waals surface area contributed by atoms with Gasteiger partial charge < -0.3 is 15.2 Å². The molecule has 5 heteroatoms. The molecule has 0 aromatic heterocycles. The molecule has 24 heavy (non-hydrogen) atoms. The molecule has 1 fully saturated rings. The summed E-state index contributed by atoms with van der Waals surface area (Å²) in [5, 5.41) is 12.1. The van der Waals surface area contributed by atoms with Crippen LogP contribution >= 0.6 is 0 Å². The van der Waals surface area contributed by atoms with Gasteiger partial charge in [-0.25, -0.2) is 0 Å². The Kier molecular flexibility index (Phi) is 6.37. The van der Waals surface area contributed by atoms with Crippen molar-refractivity contribution < 1.29 is 19.4 Å². The summed E-state index contributed by atoms with van der Waals surface area (Å²) in [7, 11) is 0. The van der Waals surface area contributed by atoms with Crippen molar-refractivity contribution in [3.63, 3.8) is 0 Å². The maximum absolute atomic E-state index is 12.3. The first-order valence-electron chi connectivity index (χ1n) is 8.55. The quantitative estimate of drug-likeness (QED) is 0.804. The third kappa shape index (κ3) is 5.96. The number of carboxylic acids is 1. The smallest absolute Gasteiger partial charge is 0.305 e. The number of aryl methyl sites for hydroxylation is 1. The number of carbonyl (C=O) groups excluding carboxylic acids is 1. The normalized spacial score (nSPS) is 21.0. The van der Waals surface area contributed by atoms with Gasteiger partial charge in [-0.1, -0.05) is 30.3 Å². The van der Waals surface area contributed by atoms with Crippen molar-refractivity contribution in [3.05, 3.63) is 35.9 Å². The lowest BCUT2D eigenvalue weighted by Crippen LogP contribution is -2.47. The Hall–Kier alpha value is -1.88. The Morgan fingerprint density at radius 3 is 2.67 bits per heavy atom. The minimum absolute atomic E-state index is 0.0438. The topological polar surface area (TPSA) is 75.6 Å². The van der Waals surface area contributed by atoms with Gasteiger partial charge in [0.1, 0.15) is 0 Å². The van der Waals surface area contributed by atoms with Gasteiger partial charge in [-0.15, -0.1) is 0 Å². The number of amides is 1. The molecular weight excluding hydrogens is 306 g/mol. The fraction of sp³-hybridized carbons (Fsp3) is 0.579. The molecule has 0 spiro atoms. The van der Waals surface area contributed by atoms with Crippen LogP contribution in [0, 0.1) is 5.92 Å². The van der Waals surface area contributed by atoms with Gasteiger partial charge in [0.2, 0.25) is 5.91 Å². The van der Waals surface area contributed by atoms with Crippen LogP contribution in [0.1, 0.15) is 45.1 Å². The lowest BCUT2D eigenvalue weighted by Gasteiger charge is -2.39. The second kappa shape index (κ2) is 8.29. The molecule has 1 aromatic carbocycles. The van der Waals surface area contributed by atoms with Crippen LogP contribution in [0.2, 0.25) is 0 Å². The van der Waals surface area contributed by atoms with Crippen LogP contribution in [0.5, 0.6) is 0 Å². The molecule has 1 aromatic rings. The molecule has 1 saturated heterocycles. The molecule has 1 aliphatic heterocycles. The minimum atomic E-state index is -0.882. The number of hydrogen-bond acceptors (Lipinski definition) is 3. The van der Waals surface area contributed by atoms with E-state index in [1.807, 2.05) is 44.2 Å². The number of benzene rings is 1. The molecule has 5 nitrogen and oxygen atoms in total. The number of rotatable bonds is 7. The Bertz CT molecular complexity index is 556. The summed E-state index contributed by atoms with van der Waals surface area (Å²) >= 11 is 0. The number of aliphatic carboxylic acids is 1. The molecule has 2 atom stereocenters. The summed E-state index contributed by atoms with van der Waals surface area (Å²) in [6, 6.07) is 9.48. The lowest BCUT2D eigenvalue weighted by molar-refractivity contribution is -0.139. The summed E-state index contributed by atoms with van der Waals surface area (Å²) in [4.78, 5) is 23.5. The Labute approximate surface area is 143 Å². The fourth-order valence-electron chi connectivity index (χ4n) is 3.33. The molecule has 0 bridgehead atoms. The van der Waals surface area contributed by atoms with Crippen LogP contribution in [0.25, 0.3) is 0 Å². The van der Waals surface area contributed by atoms with E-state index in [0.717, 1.165) is 18.4 Å². The van der Waals surface area contributed by atoms with Crippen molar-refractivity contribution in [2.24, 2.45) is 5.92 Å². The number of carbonyl (C=O) groups is 2. The van der Waals surface area contributed by atoms with Crippen LogP contribution < -0.4 is 5.32 Å². The molecule has 0 radical (unpaired) electrons. The summed E-state index contributed by atoms with van der Waals surface area (Å²) in [5.74, 6) is -0.840. The van der Waals surface area contributed by atoms with E-state index in [2.05, 4.69) is 5.32 Å². The molecule has 0 unspecified atom stereocenters. The first-order chi connectivity index (χ1) is 11.4. The molecule has 2 rings (SSSR count). The lowest BCUT2D eigenvalue weighted by atomic mass is 9.82. The van der Waals surface area contributed by atoms with Gasteiger partial charge in [0.25, 0.3) is 0 Å². The second-order valence-electron chi connectivity index (χ2n) is 7.12. The zero-order valence-corrected chi connectivity index (χ0v) is 14.5. The van der Waals surface area contributed by atoms with Gasteiger partial charge in [-0.3, -0.25) is 9.59 Å². The van der Waals surface area contributed by atoms with E-state index in [-0.39, 0.29) is 29.9 Å². The Morgan fingerprint density at radius 2 is 2.04 bits per heavy atom. The van der Waals surface area contributed by atoms with Crippen LogP contribution in [-0.4, -0.2) is 35.2 Å². The van der Waals surface area contributed by atoms with E-state index in [0.29, 0.717) is 19.4 Å². The third-order valence-corrected chi connectivity index (χ3v) is 4.53. The summed E-state index contributed by atoms with van der Waals surface area (Å²) in [6.07, 6.45) is 2.51. The van der Waals surface area contributed by atoms with Gasteiger partial charge in [0.15, 0.2) is 0 Å². The number of nitrogens with one attached hydrogen (secondary N) is 1. The van der Waals surface area contributed by atoms with Gasteiger partial charge in [-0.2, -0.15) is 0 Å². The average Bonchev–Trinajstić information content (AvgIpc) is 2.52. The van der Waals surface area contributed by atoms with Crippen LogP contribution in [0.3, 0.4) is 0 Å². The summed E-state index contributed by atoms with van der Waals surface area (Å²) in [6.45, 7) is 4.62. The van der Waals surface area contributed by atoms with E-state index in [4.69, 9.17) is 4.74 Å². The van der Waals surface area contributed by atoms with Crippen molar-refractivity contribution in [3.8, 4) is 0 Å². The van der Waals surface area contributed by atoms with Crippen LogP contribution in [0.15, 0.2) is 30.3 Å². The fourth-order valence-corrected chi connectivity index (χ4v) is 3.33. The van der Waals surface area contributed by atoms with Crippen molar-refractivity contribution in [2.45, 2.75) is 57.6 Å². The second-order valence-corrected chi connectivity index (χ2v) is 7.12. The first-order valence-corrected chi connectivity index (χ1v) is 8.55.